The fourth-order valence-electron chi connectivity index (χ4n) is 3.76. The largest absolute Gasteiger partial charge is 0.306 e. The van der Waals surface area contributed by atoms with E-state index in [9.17, 15) is 9.59 Å². The second kappa shape index (κ2) is 8.14. The molecule has 2 aromatic heterocycles. The lowest BCUT2D eigenvalue weighted by Crippen LogP contribution is -2.32. The van der Waals surface area contributed by atoms with Crippen LogP contribution in [-0.4, -0.2) is 25.1 Å². The van der Waals surface area contributed by atoms with Crippen LogP contribution < -0.4 is 5.56 Å². The van der Waals surface area contributed by atoms with Crippen LogP contribution >= 0.6 is 0 Å². The van der Waals surface area contributed by atoms with Crippen LogP contribution in [0.4, 0.5) is 0 Å². The maximum absolute atomic E-state index is 13.3. The predicted octanol–water partition coefficient (Wildman–Crippen LogP) is 4.19. The van der Waals surface area contributed by atoms with E-state index >= 15 is 0 Å². The molecular formula is C25H24N4O2. The average molecular weight is 412 g/mol. The predicted molar refractivity (Wildman–Crippen MR) is 120 cm³/mol. The summed E-state index contributed by atoms with van der Waals surface area (Å²) in [5.74, 6) is -0.296. The molecule has 0 spiro atoms. The number of aromatic nitrogens is 4. The number of imidazole rings is 1. The van der Waals surface area contributed by atoms with Gasteiger partial charge in [0.1, 0.15) is 0 Å². The van der Waals surface area contributed by atoms with E-state index in [0.29, 0.717) is 11.1 Å². The van der Waals surface area contributed by atoms with Crippen LogP contribution in [0.15, 0.2) is 72.0 Å². The Balaban J connectivity index is 1.74. The summed E-state index contributed by atoms with van der Waals surface area (Å²) in [5.41, 5.74) is 4.56. The zero-order valence-corrected chi connectivity index (χ0v) is 18.0. The van der Waals surface area contributed by atoms with Crippen molar-refractivity contribution in [3.63, 3.8) is 0 Å². The minimum Gasteiger partial charge on any atom is -0.306 e. The molecular weight excluding hydrogens is 388 g/mol. The molecule has 156 valence electrons. The average Bonchev–Trinajstić information content (AvgIpc) is 3.19. The molecule has 1 unspecified atom stereocenters. The monoisotopic (exact) mass is 412 g/mol. The molecule has 0 radical (unpaired) electrons. The highest BCUT2D eigenvalue weighted by Crippen LogP contribution is 2.20. The number of nitrogens with zero attached hydrogens (tertiary/aromatic N) is 4. The summed E-state index contributed by atoms with van der Waals surface area (Å²) < 4.78 is 3.30. The van der Waals surface area contributed by atoms with Gasteiger partial charge in [-0.1, -0.05) is 30.3 Å². The van der Waals surface area contributed by atoms with Crippen LogP contribution in [0, 0.1) is 20.8 Å². The summed E-state index contributed by atoms with van der Waals surface area (Å²) >= 11 is 0. The van der Waals surface area contributed by atoms with Gasteiger partial charge in [0.2, 0.25) is 0 Å². The molecule has 4 rings (SSSR count). The van der Waals surface area contributed by atoms with Crippen molar-refractivity contribution in [2.75, 3.05) is 0 Å². The normalized spacial score (nSPS) is 12.0. The van der Waals surface area contributed by atoms with Gasteiger partial charge in [0.05, 0.1) is 29.8 Å². The molecule has 0 aliphatic rings. The molecule has 0 N–H and O–H groups in total. The third kappa shape index (κ3) is 3.84. The van der Waals surface area contributed by atoms with Crippen LogP contribution in [-0.2, 0) is 0 Å². The van der Waals surface area contributed by atoms with Crippen LogP contribution in [0.25, 0.3) is 5.69 Å². The topological polar surface area (TPSA) is 69.8 Å². The van der Waals surface area contributed by atoms with Crippen molar-refractivity contribution in [1.82, 2.24) is 19.3 Å². The Morgan fingerprint density at radius 3 is 2.39 bits per heavy atom. The van der Waals surface area contributed by atoms with Gasteiger partial charge >= 0.3 is 0 Å². The molecule has 31 heavy (non-hydrogen) atoms. The van der Waals surface area contributed by atoms with E-state index in [-0.39, 0.29) is 22.9 Å². The van der Waals surface area contributed by atoms with E-state index in [1.54, 1.807) is 25.5 Å². The number of rotatable bonds is 5. The number of hydrogen-bond acceptors (Lipinski definition) is 4. The molecule has 0 aliphatic carbocycles. The molecule has 2 heterocycles. The number of benzene rings is 2. The Morgan fingerprint density at radius 2 is 1.74 bits per heavy atom. The SMILES string of the molecule is Cc1cn(-c2ccc(C(=O)c3c(C)cnn(C(C)c4ccccc4)c3=O)cc2C)cn1. The number of aryl methyl sites for hydroxylation is 3. The van der Waals surface area contributed by atoms with Crippen molar-refractivity contribution in [1.29, 1.82) is 0 Å². The summed E-state index contributed by atoms with van der Waals surface area (Å²) in [6, 6.07) is 14.8. The minimum atomic E-state index is -0.381. The molecule has 4 aromatic rings. The van der Waals surface area contributed by atoms with Crippen LogP contribution in [0.2, 0.25) is 0 Å². The second-order valence-corrected chi connectivity index (χ2v) is 7.79. The van der Waals surface area contributed by atoms with Gasteiger partial charge in [-0.05, 0) is 62.6 Å². The summed E-state index contributed by atoms with van der Waals surface area (Å²) in [4.78, 5) is 30.9. The summed E-state index contributed by atoms with van der Waals surface area (Å²) in [6.07, 6.45) is 5.26. The van der Waals surface area contributed by atoms with E-state index < -0.39 is 0 Å². The Hall–Kier alpha value is -3.80. The van der Waals surface area contributed by atoms with Gasteiger partial charge in [-0.15, -0.1) is 0 Å². The number of carbonyl (C=O) groups is 1. The van der Waals surface area contributed by atoms with Crippen LogP contribution in [0.5, 0.6) is 0 Å². The lowest BCUT2D eigenvalue weighted by atomic mass is 9.99. The summed E-state index contributed by atoms with van der Waals surface area (Å²) in [6.45, 7) is 7.52. The van der Waals surface area contributed by atoms with Crippen LogP contribution in [0.3, 0.4) is 0 Å². The highest BCUT2D eigenvalue weighted by atomic mass is 16.2. The molecule has 0 saturated carbocycles. The maximum atomic E-state index is 13.3. The summed E-state index contributed by atoms with van der Waals surface area (Å²) in [7, 11) is 0. The van der Waals surface area contributed by atoms with Gasteiger partial charge in [0.15, 0.2) is 5.78 Å². The van der Waals surface area contributed by atoms with E-state index in [1.807, 2.05) is 74.0 Å². The lowest BCUT2D eigenvalue weighted by molar-refractivity contribution is 0.103. The molecule has 6 nitrogen and oxygen atoms in total. The van der Waals surface area contributed by atoms with Gasteiger partial charge in [0.25, 0.3) is 5.56 Å². The fraction of sp³-hybridized carbons (Fsp3) is 0.200. The van der Waals surface area contributed by atoms with Gasteiger partial charge in [-0.3, -0.25) is 9.59 Å². The highest BCUT2D eigenvalue weighted by molar-refractivity contribution is 6.09. The van der Waals surface area contributed by atoms with Crippen molar-refractivity contribution < 1.29 is 4.79 Å². The van der Waals surface area contributed by atoms with Crippen molar-refractivity contribution >= 4 is 5.78 Å². The fourth-order valence-corrected chi connectivity index (χ4v) is 3.76. The molecule has 2 aromatic carbocycles. The number of hydrogen-bond donors (Lipinski definition) is 0. The van der Waals surface area contributed by atoms with E-state index in [2.05, 4.69) is 10.1 Å². The molecule has 0 saturated heterocycles. The smallest absolute Gasteiger partial charge is 0.278 e. The Labute approximate surface area is 180 Å². The summed E-state index contributed by atoms with van der Waals surface area (Å²) in [5, 5.41) is 4.31. The maximum Gasteiger partial charge on any atom is 0.278 e. The number of carbonyl (C=O) groups excluding carboxylic acids is 1. The molecule has 0 amide bonds. The minimum absolute atomic E-state index is 0.156. The third-order valence-corrected chi connectivity index (χ3v) is 5.52. The second-order valence-electron chi connectivity index (χ2n) is 7.79. The van der Waals surface area contributed by atoms with Crippen molar-refractivity contribution in [2.24, 2.45) is 0 Å². The van der Waals surface area contributed by atoms with Gasteiger partial charge in [-0.2, -0.15) is 5.10 Å². The van der Waals surface area contributed by atoms with Gasteiger partial charge in [0, 0.05) is 17.4 Å². The standard InChI is InChI=1S/C25H24N4O2/c1-16-12-21(10-11-22(16)28-14-18(3)26-15-28)24(30)23-17(2)13-27-29(25(23)31)19(4)20-8-6-5-7-9-20/h5-15,19H,1-4H3. The highest BCUT2D eigenvalue weighted by Gasteiger charge is 2.21. The zero-order valence-electron chi connectivity index (χ0n) is 18.0. The molecule has 1 atom stereocenters. The van der Waals surface area contributed by atoms with Crippen molar-refractivity contribution in [2.45, 2.75) is 33.7 Å². The zero-order chi connectivity index (χ0) is 22.1. The molecule has 0 aliphatic heterocycles. The lowest BCUT2D eigenvalue weighted by Gasteiger charge is -2.16. The molecule has 0 bridgehead atoms. The van der Waals surface area contributed by atoms with Crippen molar-refractivity contribution in [3.8, 4) is 5.69 Å². The van der Waals surface area contributed by atoms with Crippen molar-refractivity contribution in [3.05, 3.63) is 111 Å². The van der Waals surface area contributed by atoms with E-state index in [0.717, 1.165) is 22.5 Å². The first kappa shape index (κ1) is 20.5. The quantitative estimate of drug-likeness (QED) is 0.461. The van der Waals surface area contributed by atoms with E-state index in [1.165, 1.54) is 4.68 Å². The first-order chi connectivity index (χ1) is 14.9. The Morgan fingerprint density at radius 1 is 1.00 bits per heavy atom. The Bertz CT molecular complexity index is 1320. The number of ketones is 1. The first-order valence-electron chi connectivity index (χ1n) is 10.2. The Kier molecular flexibility index (Phi) is 5.38. The van der Waals surface area contributed by atoms with Gasteiger partial charge in [-0.25, -0.2) is 9.67 Å². The molecule has 0 fully saturated rings. The van der Waals surface area contributed by atoms with Crippen LogP contribution in [0.1, 0.15) is 51.3 Å². The van der Waals surface area contributed by atoms with E-state index in [4.69, 9.17) is 0 Å². The first-order valence-corrected chi connectivity index (χ1v) is 10.2. The molecule has 6 heteroatoms. The van der Waals surface area contributed by atoms with Gasteiger partial charge < -0.3 is 4.57 Å². The third-order valence-electron chi connectivity index (χ3n) is 5.52.